The molecule has 0 bridgehead atoms. The van der Waals surface area contributed by atoms with Gasteiger partial charge in [-0.25, -0.2) is 10.8 Å². The minimum absolute atomic E-state index is 0.193. The summed E-state index contributed by atoms with van der Waals surface area (Å²) in [7, 11) is 0. The molecule has 0 spiro atoms. The lowest BCUT2D eigenvalue weighted by molar-refractivity contribution is 0.0953. The van der Waals surface area contributed by atoms with E-state index in [1.54, 1.807) is 36.4 Å². The molecule has 3 rings (SSSR count). The van der Waals surface area contributed by atoms with E-state index in [0.29, 0.717) is 28.7 Å². The number of benzene rings is 2. The van der Waals surface area contributed by atoms with Crippen LogP contribution in [0, 0.1) is 0 Å². The number of fused-ring (bicyclic) bond motifs is 1. The van der Waals surface area contributed by atoms with Crippen molar-refractivity contribution >= 4 is 16.8 Å². The average Bonchev–Trinajstić information content (AvgIpc) is 2.55. The number of hydrogen-bond acceptors (Lipinski definition) is 4. The Morgan fingerprint density at radius 2 is 1.86 bits per heavy atom. The van der Waals surface area contributed by atoms with Crippen molar-refractivity contribution in [2.75, 3.05) is 0 Å². The number of nitrogens with two attached hydrogens (primary N) is 1. The van der Waals surface area contributed by atoms with Gasteiger partial charge in [-0.15, -0.1) is 0 Å². The Morgan fingerprint density at radius 3 is 2.68 bits per heavy atom. The van der Waals surface area contributed by atoms with Crippen molar-refractivity contribution in [1.29, 1.82) is 0 Å². The molecule has 1 aromatic heterocycles. The number of nitrogens with one attached hydrogen (secondary N) is 2. The minimum atomic E-state index is -0.376. The number of rotatable bonds is 3. The van der Waals surface area contributed by atoms with Crippen molar-refractivity contribution < 1.29 is 4.79 Å². The lowest BCUT2D eigenvalue weighted by atomic mass is 10.0. The molecule has 4 N–H and O–H groups in total. The predicted molar refractivity (Wildman–Crippen MR) is 83.3 cm³/mol. The van der Waals surface area contributed by atoms with Gasteiger partial charge in [0.05, 0.1) is 10.9 Å². The van der Waals surface area contributed by atoms with Crippen LogP contribution in [0.15, 0.2) is 53.3 Å². The number of H-pyrrole nitrogens is 1. The lowest BCUT2D eigenvalue weighted by Gasteiger charge is -2.08. The number of para-hydroxylation sites is 1. The Hall–Kier alpha value is -2.99. The van der Waals surface area contributed by atoms with Gasteiger partial charge in [-0.1, -0.05) is 30.3 Å². The zero-order chi connectivity index (χ0) is 15.5. The molecule has 0 aliphatic rings. The van der Waals surface area contributed by atoms with Crippen LogP contribution >= 0.6 is 0 Å². The topological polar surface area (TPSA) is 101 Å². The molecule has 22 heavy (non-hydrogen) atoms. The fourth-order valence-corrected chi connectivity index (χ4v) is 2.37. The maximum atomic E-state index is 12.1. The molecule has 0 aliphatic heterocycles. The van der Waals surface area contributed by atoms with Crippen LogP contribution in [0.1, 0.15) is 21.7 Å². The highest BCUT2D eigenvalue weighted by atomic mass is 16.2. The fourth-order valence-electron chi connectivity index (χ4n) is 2.37. The fraction of sp³-hybridized carbons (Fsp3) is 0.0625. The Kier molecular flexibility index (Phi) is 3.67. The molecule has 0 unspecified atom stereocenters. The molecule has 6 heteroatoms. The van der Waals surface area contributed by atoms with Crippen molar-refractivity contribution in [2.45, 2.75) is 6.42 Å². The van der Waals surface area contributed by atoms with Crippen LogP contribution in [0.3, 0.4) is 0 Å². The molecule has 0 fully saturated rings. The molecule has 1 heterocycles. The molecule has 6 nitrogen and oxygen atoms in total. The first-order chi connectivity index (χ1) is 10.7. The highest BCUT2D eigenvalue weighted by Gasteiger charge is 2.11. The Balaban J connectivity index is 2.04. The summed E-state index contributed by atoms with van der Waals surface area (Å²) in [6.45, 7) is 0. The van der Waals surface area contributed by atoms with Gasteiger partial charge >= 0.3 is 0 Å². The number of hydrogen-bond donors (Lipinski definition) is 3. The largest absolute Gasteiger partial charge is 0.310 e. The monoisotopic (exact) mass is 294 g/mol. The van der Waals surface area contributed by atoms with E-state index in [-0.39, 0.29) is 11.5 Å². The molecule has 0 radical (unpaired) electrons. The standard InChI is InChI=1S/C16H14N4O2/c17-20-16(22)11-6-2-1-5-10(11)9-14-18-13-8-4-3-7-12(13)15(21)19-14/h1-8H,9,17H2,(H,20,22)(H,18,19,21). The third kappa shape index (κ3) is 2.59. The zero-order valence-corrected chi connectivity index (χ0v) is 11.7. The Morgan fingerprint density at radius 1 is 1.14 bits per heavy atom. The first kappa shape index (κ1) is 14.0. The van der Waals surface area contributed by atoms with Crippen LogP contribution in [0.25, 0.3) is 10.9 Å². The van der Waals surface area contributed by atoms with E-state index in [1.165, 1.54) is 0 Å². The maximum Gasteiger partial charge on any atom is 0.265 e. The van der Waals surface area contributed by atoms with Gasteiger partial charge < -0.3 is 4.98 Å². The van der Waals surface area contributed by atoms with Gasteiger partial charge in [-0.2, -0.15) is 0 Å². The molecule has 0 aliphatic carbocycles. The molecule has 3 aromatic rings. The molecule has 2 aromatic carbocycles. The summed E-state index contributed by atoms with van der Waals surface area (Å²) in [4.78, 5) is 31.0. The average molecular weight is 294 g/mol. The number of carbonyl (C=O) groups excluding carboxylic acids is 1. The van der Waals surface area contributed by atoms with E-state index in [4.69, 9.17) is 5.84 Å². The second-order valence-corrected chi connectivity index (χ2v) is 4.84. The zero-order valence-electron chi connectivity index (χ0n) is 11.7. The van der Waals surface area contributed by atoms with Gasteiger partial charge in [0.25, 0.3) is 11.5 Å². The molecule has 0 atom stereocenters. The molecule has 1 amide bonds. The van der Waals surface area contributed by atoms with E-state index >= 15 is 0 Å². The van der Waals surface area contributed by atoms with Crippen LogP contribution in [0.4, 0.5) is 0 Å². The van der Waals surface area contributed by atoms with Gasteiger partial charge in [-0.05, 0) is 23.8 Å². The number of amides is 1. The number of carbonyl (C=O) groups is 1. The van der Waals surface area contributed by atoms with E-state index in [9.17, 15) is 9.59 Å². The van der Waals surface area contributed by atoms with Crippen LogP contribution in [0.2, 0.25) is 0 Å². The van der Waals surface area contributed by atoms with Crippen molar-refractivity contribution in [1.82, 2.24) is 15.4 Å². The molecule has 0 saturated carbocycles. The van der Waals surface area contributed by atoms with Crippen molar-refractivity contribution in [2.24, 2.45) is 5.84 Å². The normalized spacial score (nSPS) is 10.6. The second-order valence-electron chi connectivity index (χ2n) is 4.84. The highest BCUT2D eigenvalue weighted by Crippen LogP contribution is 2.13. The summed E-state index contributed by atoms with van der Waals surface area (Å²) in [5.74, 6) is 5.32. The smallest absolute Gasteiger partial charge is 0.265 e. The summed E-state index contributed by atoms with van der Waals surface area (Å²) in [6, 6.07) is 14.2. The summed E-state index contributed by atoms with van der Waals surface area (Å²) >= 11 is 0. The SMILES string of the molecule is NNC(=O)c1ccccc1Cc1nc2ccccc2c(=O)[nH]1. The van der Waals surface area contributed by atoms with E-state index in [0.717, 1.165) is 5.56 Å². The molecular weight excluding hydrogens is 280 g/mol. The van der Waals surface area contributed by atoms with Crippen LogP contribution in [-0.4, -0.2) is 15.9 Å². The summed E-state index contributed by atoms with van der Waals surface area (Å²) in [5, 5.41) is 0.541. The number of hydrazine groups is 1. The van der Waals surface area contributed by atoms with E-state index in [2.05, 4.69) is 15.4 Å². The first-order valence-electron chi connectivity index (χ1n) is 6.76. The third-order valence-corrected chi connectivity index (χ3v) is 3.41. The van der Waals surface area contributed by atoms with Gasteiger partial charge in [0, 0.05) is 12.0 Å². The van der Waals surface area contributed by atoms with Crippen molar-refractivity contribution in [3.63, 3.8) is 0 Å². The number of aromatic nitrogens is 2. The van der Waals surface area contributed by atoms with Gasteiger partial charge in [0.2, 0.25) is 0 Å². The minimum Gasteiger partial charge on any atom is -0.310 e. The molecule has 110 valence electrons. The number of aromatic amines is 1. The second kappa shape index (κ2) is 5.79. The Labute approximate surface area is 126 Å². The van der Waals surface area contributed by atoms with Gasteiger partial charge in [0.1, 0.15) is 5.82 Å². The van der Waals surface area contributed by atoms with Crippen molar-refractivity contribution in [3.05, 3.63) is 75.8 Å². The third-order valence-electron chi connectivity index (χ3n) is 3.41. The van der Waals surface area contributed by atoms with E-state index < -0.39 is 0 Å². The maximum absolute atomic E-state index is 12.1. The van der Waals surface area contributed by atoms with Crippen LogP contribution < -0.4 is 16.8 Å². The van der Waals surface area contributed by atoms with Crippen molar-refractivity contribution in [3.8, 4) is 0 Å². The Bertz CT molecular complexity index is 902. The summed E-state index contributed by atoms with van der Waals surface area (Å²) in [6.07, 6.45) is 0.337. The quantitative estimate of drug-likeness (QED) is 0.383. The van der Waals surface area contributed by atoms with Gasteiger partial charge in [-0.3, -0.25) is 15.0 Å². The number of nitrogen functional groups attached to an aromatic ring is 1. The molecule has 0 saturated heterocycles. The first-order valence-corrected chi connectivity index (χ1v) is 6.76. The highest BCUT2D eigenvalue weighted by molar-refractivity contribution is 5.95. The van der Waals surface area contributed by atoms with Crippen LogP contribution in [-0.2, 0) is 6.42 Å². The lowest BCUT2D eigenvalue weighted by Crippen LogP contribution is -2.30. The summed E-state index contributed by atoms with van der Waals surface area (Å²) < 4.78 is 0. The summed E-state index contributed by atoms with van der Waals surface area (Å²) in [5.41, 5.74) is 3.75. The van der Waals surface area contributed by atoms with Gasteiger partial charge in [0.15, 0.2) is 0 Å². The predicted octanol–water partition coefficient (Wildman–Crippen LogP) is 1.12. The number of nitrogens with zero attached hydrogens (tertiary/aromatic N) is 1. The van der Waals surface area contributed by atoms with E-state index in [1.807, 2.05) is 12.1 Å². The van der Waals surface area contributed by atoms with Crippen LogP contribution in [0.5, 0.6) is 0 Å². The molecular formula is C16H14N4O2.